The summed E-state index contributed by atoms with van der Waals surface area (Å²) in [7, 11) is 1.85. The van der Waals surface area contributed by atoms with Crippen molar-refractivity contribution < 1.29 is 9.59 Å². The van der Waals surface area contributed by atoms with Crippen molar-refractivity contribution in [2.45, 2.75) is 0 Å². The Hall–Kier alpha value is -2.55. The minimum absolute atomic E-state index is 0.000942. The Morgan fingerprint density at radius 3 is 2.59 bits per heavy atom. The van der Waals surface area contributed by atoms with E-state index in [2.05, 4.69) is 25.8 Å². The topological polar surface area (TPSA) is 102 Å². The number of benzene rings is 1. The van der Waals surface area contributed by atoms with Crippen LogP contribution in [0.4, 0.5) is 5.69 Å². The molecule has 0 atom stereocenters. The fourth-order valence-electron chi connectivity index (χ4n) is 2.22. The summed E-state index contributed by atoms with van der Waals surface area (Å²) in [5, 5.41) is 11.9. The lowest BCUT2D eigenvalue weighted by molar-refractivity contribution is 0.0973. The Kier molecular flexibility index (Phi) is 5.69. The molecule has 27 heavy (non-hydrogen) atoms. The molecule has 3 rings (SSSR count). The SMILES string of the molecule is CN1C=CC(NC(=O)c2[nH]ncc2NC(=O)c2c(Cl)ccc(Cl)c2Cl)=NC1. The zero-order valence-electron chi connectivity index (χ0n) is 13.9. The molecule has 11 heteroatoms. The van der Waals surface area contributed by atoms with Crippen molar-refractivity contribution in [1.29, 1.82) is 0 Å². The van der Waals surface area contributed by atoms with Gasteiger partial charge in [0, 0.05) is 13.2 Å². The van der Waals surface area contributed by atoms with Gasteiger partial charge in [-0.05, 0) is 18.2 Å². The van der Waals surface area contributed by atoms with Crippen LogP contribution in [-0.2, 0) is 0 Å². The average molecular weight is 428 g/mol. The van der Waals surface area contributed by atoms with E-state index in [4.69, 9.17) is 34.8 Å². The summed E-state index contributed by atoms with van der Waals surface area (Å²) in [4.78, 5) is 31.0. The summed E-state index contributed by atoms with van der Waals surface area (Å²) in [6.45, 7) is 0.421. The number of carbonyl (C=O) groups is 2. The first-order chi connectivity index (χ1) is 12.9. The Morgan fingerprint density at radius 2 is 1.89 bits per heavy atom. The quantitative estimate of drug-likeness (QED) is 0.655. The number of amides is 2. The third-order valence-corrected chi connectivity index (χ3v) is 4.70. The van der Waals surface area contributed by atoms with Gasteiger partial charge in [0.05, 0.1) is 32.5 Å². The molecule has 3 N–H and O–H groups in total. The van der Waals surface area contributed by atoms with Gasteiger partial charge in [0.25, 0.3) is 11.8 Å². The lowest BCUT2D eigenvalue weighted by Gasteiger charge is -2.16. The fraction of sp³-hybridized carbons (Fsp3) is 0.125. The standard InChI is InChI=1S/C16H13Cl3N6O2/c1-25-5-4-11(20-7-25)23-16(27)14-10(6-21-24-14)22-15(26)12-8(17)2-3-9(18)13(12)19/h2-6H,7H2,1H3,(H,21,24)(H,22,26)(H,20,23,27). The molecule has 1 aromatic heterocycles. The molecular formula is C16H13Cl3N6O2. The van der Waals surface area contributed by atoms with E-state index < -0.39 is 11.8 Å². The van der Waals surface area contributed by atoms with Gasteiger partial charge in [-0.2, -0.15) is 5.10 Å². The summed E-state index contributed by atoms with van der Waals surface area (Å²) < 4.78 is 0. The Balaban J connectivity index is 1.78. The summed E-state index contributed by atoms with van der Waals surface area (Å²) >= 11 is 18.1. The van der Waals surface area contributed by atoms with Gasteiger partial charge in [0.1, 0.15) is 18.2 Å². The van der Waals surface area contributed by atoms with Gasteiger partial charge in [-0.15, -0.1) is 0 Å². The summed E-state index contributed by atoms with van der Waals surface area (Å²) in [6.07, 6.45) is 4.73. The third kappa shape index (κ3) is 4.24. The monoisotopic (exact) mass is 426 g/mol. The molecule has 140 valence electrons. The van der Waals surface area contributed by atoms with Crippen LogP contribution in [0.3, 0.4) is 0 Å². The number of aromatic amines is 1. The van der Waals surface area contributed by atoms with E-state index in [1.165, 1.54) is 18.3 Å². The molecule has 0 saturated carbocycles. The van der Waals surface area contributed by atoms with Crippen molar-refractivity contribution in [3.63, 3.8) is 0 Å². The second kappa shape index (κ2) is 7.99. The van der Waals surface area contributed by atoms with Crippen LogP contribution in [0.2, 0.25) is 15.1 Å². The minimum Gasteiger partial charge on any atom is -0.361 e. The maximum absolute atomic E-state index is 12.6. The molecule has 0 saturated heterocycles. The predicted octanol–water partition coefficient (Wildman–Crippen LogP) is 3.17. The molecule has 2 aromatic rings. The lowest BCUT2D eigenvalue weighted by atomic mass is 10.2. The van der Waals surface area contributed by atoms with E-state index in [1.54, 1.807) is 12.3 Å². The fourth-order valence-corrected chi connectivity index (χ4v) is 2.92. The highest BCUT2D eigenvalue weighted by molar-refractivity contribution is 6.46. The highest BCUT2D eigenvalue weighted by Crippen LogP contribution is 2.32. The number of halogens is 3. The first kappa shape index (κ1) is 19.2. The number of anilines is 1. The van der Waals surface area contributed by atoms with Gasteiger partial charge >= 0.3 is 0 Å². The number of carbonyl (C=O) groups excluding carboxylic acids is 2. The molecular weight excluding hydrogens is 415 g/mol. The maximum atomic E-state index is 12.6. The zero-order valence-corrected chi connectivity index (χ0v) is 16.2. The van der Waals surface area contributed by atoms with Crippen LogP contribution < -0.4 is 10.6 Å². The highest BCUT2D eigenvalue weighted by atomic mass is 35.5. The number of aliphatic imine (C=N–C) groups is 1. The summed E-state index contributed by atoms with van der Waals surface area (Å²) in [6, 6.07) is 2.94. The van der Waals surface area contributed by atoms with E-state index >= 15 is 0 Å². The van der Waals surface area contributed by atoms with Gasteiger partial charge in [0.2, 0.25) is 0 Å². The first-order valence-corrected chi connectivity index (χ1v) is 8.72. The van der Waals surface area contributed by atoms with Gasteiger partial charge in [-0.1, -0.05) is 34.8 Å². The number of H-pyrrole nitrogens is 1. The smallest absolute Gasteiger partial charge is 0.276 e. The number of nitrogens with one attached hydrogen (secondary N) is 3. The van der Waals surface area contributed by atoms with Gasteiger partial charge in [-0.3, -0.25) is 14.7 Å². The van der Waals surface area contributed by atoms with Crippen LogP contribution in [0.5, 0.6) is 0 Å². The molecule has 1 aliphatic rings. The van der Waals surface area contributed by atoms with Crippen LogP contribution in [-0.4, -0.2) is 46.5 Å². The van der Waals surface area contributed by atoms with Crippen LogP contribution in [0, 0.1) is 0 Å². The molecule has 0 radical (unpaired) electrons. The number of hydrogen-bond acceptors (Lipinski definition) is 5. The molecule has 0 spiro atoms. The van der Waals surface area contributed by atoms with E-state index in [-0.39, 0.29) is 32.0 Å². The van der Waals surface area contributed by atoms with Crippen LogP contribution in [0.15, 0.2) is 35.6 Å². The third-order valence-electron chi connectivity index (χ3n) is 3.58. The second-order valence-corrected chi connectivity index (χ2v) is 6.73. The van der Waals surface area contributed by atoms with E-state index in [0.717, 1.165) is 0 Å². The molecule has 1 aliphatic heterocycles. The predicted molar refractivity (Wildman–Crippen MR) is 105 cm³/mol. The number of hydrogen-bond donors (Lipinski definition) is 3. The van der Waals surface area contributed by atoms with Crippen molar-refractivity contribution >= 4 is 58.1 Å². The Bertz CT molecular complexity index is 969. The molecule has 0 aliphatic carbocycles. The van der Waals surface area contributed by atoms with Crippen LogP contribution >= 0.6 is 34.8 Å². The highest BCUT2D eigenvalue weighted by Gasteiger charge is 2.21. The number of nitrogens with zero attached hydrogens (tertiary/aromatic N) is 3. The maximum Gasteiger partial charge on any atom is 0.276 e. The van der Waals surface area contributed by atoms with Crippen molar-refractivity contribution in [2.24, 2.45) is 4.99 Å². The van der Waals surface area contributed by atoms with Gasteiger partial charge < -0.3 is 15.5 Å². The van der Waals surface area contributed by atoms with Crippen LogP contribution in [0.1, 0.15) is 20.8 Å². The van der Waals surface area contributed by atoms with Crippen molar-refractivity contribution in [1.82, 2.24) is 20.4 Å². The molecule has 2 amide bonds. The van der Waals surface area contributed by atoms with Gasteiger partial charge in [0.15, 0.2) is 0 Å². The van der Waals surface area contributed by atoms with Crippen molar-refractivity contribution in [3.05, 3.63) is 56.9 Å². The normalized spacial score (nSPS) is 13.3. The van der Waals surface area contributed by atoms with E-state index in [1.807, 2.05) is 11.9 Å². The molecule has 0 bridgehead atoms. The lowest BCUT2D eigenvalue weighted by Crippen LogP contribution is -2.33. The molecule has 1 aromatic carbocycles. The molecule has 8 nitrogen and oxygen atoms in total. The van der Waals surface area contributed by atoms with E-state index in [9.17, 15) is 9.59 Å². The molecule has 2 heterocycles. The summed E-state index contributed by atoms with van der Waals surface area (Å²) in [5.41, 5.74) is 0.204. The molecule has 0 unspecified atom stereocenters. The number of aromatic nitrogens is 2. The second-order valence-electron chi connectivity index (χ2n) is 5.54. The Morgan fingerprint density at radius 1 is 1.15 bits per heavy atom. The first-order valence-electron chi connectivity index (χ1n) is 7.59. The number of rotatable bonds is 3. The van der Waals surface area contributed by atoms with Crippen LogP contribution in [0.25, 0.3) is 0 Å². The Labute approximate surface area is 169 Å². The van der Waals surface area contributed by atoms with Crippen molar-refractivity contribution in [3.8, 4) is 0 Å². The molecule has 0 fully saturated rings. The zero-order chi connectivity index (χ0) is 19.6. The number of amidine groups is 1. The average Bonchev–Trinajstić information content (AvgIpc) is 3.09. The minimum atomic E-state index is -0.625. The largest absolute Gasteiger partial charge is 0.361 e. The van der Waals surface area contributed by atoms with Crippen molar-refractivity contribution in [2.75, 3.05) is 19.0 Å². The summed E-state index contributed by atoms with van der Waals surface area (Å²) in [5.74, 6) is -0.746. The van der Waals surface area contributed by atoms with Gasteiger partial charge in [-0.25, -0.2) is 4.99 Å². The van der Waals surface area contributed by atoms with E-state index in [0.29, 0.717) is 12.5 Å².